The van der Waals surface area contributed by atoms with Crippen LogP contribution in [0, 0.1) is 23.7 Å². The third-order valence-corrected chi connectivity index (χ3v) is 10.4. The summed E-state index contributed by atoms with van der Waals surface area (Å²) in [5, 5.41) is 19.5. The van der Waals surface area contributed by atoms with Crippen LogP contribution in [-0.4, -0.2) is 120 Å². The zero-order valence-electron chi connectivity index (χ0n) is 32.5. The molecule has 1 heterocycles. The molecule has 9 N–H and O–H groups in total. The molecule has 0 spiro atoms. The number of amides is 6. The summed E-state index contributed by atoms with van der Waals surface area (Å²) < 4.78 is 0. The van der Waals surface area contributed by atoms with Crippen LogP contribution in [0.4, 0.5) is 0 Å². The van der Waals surface area contributed by atoms with E-state index in [1.807, 2.05) is 20.8 Å². The molecule has 5 atom stereocenters. The van der Waals surface area contributed by atoms with Crippen LogP contribution in [0.3, 0.4) is 0 Å². The number of primary amides is 1. The van der Waals surface area contributed by atoms with E-state index in [-0.39, 0.29) is 49.8 Å². The van der Waals surface area contributed by atoms with Crippen LogP contribution in [0.25, 0.3) is 0 Å². The van der Waals surface area contributed by atoms with E-state index in [0.29, 0.717) is 19.3 Å². The molecule has 6 amide bonds. The minimum Gasteiger partial charge on any atom is -0.480 e. The molecule has 53 heavy (non-hydrogen) atoms. The van der Waals surface area contributed by atoms with E-state index < -0.39 is 72.1 Å². The van der Waals surface area contributed by atoms with E-state index in [1.165, 1.54) is 4.90 Å². The standard InChI is InChI=1S/C37H66N8O8/c1-6-7-8-9-11-14-24(4)37(53)44(5)29(17-23(2)3)35(51)43-31(25-15-12-10-13-16-25)36(52)41-27(18-38)34(50)42-28(33(49)40-19-30(46)47)22-45-20-26(21-45)32(39)48/h23-29,31H,6-22,38H2,1-5H3,(H2,39,48)(H,40,49)(H,41,52)(H,42,50)(H,43,51)(H,46,47)/t24-,27+,28+,29+,31+/m1/s1. The molecule has 0 radical (unpaired) electrons. The lowest BCUT2D eigenvalue weighted by atomic mass is 9.83. The summed E-state index contributed by atoms with van der Waals surface area (Å²) in [6.45, 7) is 7.48. The van der Waals surface area contributed by atoms with Gasteiger partial charge in [-0.15, -0.1) is 0 Å². The molecule has 2 fully saturated rings. The Hall–Kier alpha value is -3.79. The lowest BCUT2D eigenvalue weighted by molar-refractivity contribution is -0.143. The van der Waals surface area contributed by atoms with Gasteiger partial charge in [-0.3, -0.25) is 38.5 Å². The Morgan fingerprint density at radius 2 is 1.45 bits per heavy atom. The molecule has 1 aliphatic heterocycles. The van der Waals surface area contributed by atoms with Crippen LogP contribution in [-0.2, 0) is 33.6 Å². The van der Waals surface area contributed by atoms with Gasteiger partial charge in [-0.2, -0.15) is 0 Å². The predicted octanol–water partition coefficient (Wildman–Crippen LogP) is 0.467. The summed E-state index contributed by atoms with van der Waals surface area (Å²) in [4.78, 5) is 93.8. The van der Waals surface area contributed by atoms with Gasteiger partial charge in [0.1, 0.15) is 30.7 Å². The summed E-state index contributed by atoms with van der Waals surface area (Å²) in [6, 6.07) is -4.32. The van der Waals surface area contributed by atoms with Crippen molar-refractivity contribution in [1.29, 1.82) is 0 Å². The number of rotatable bonds is 24. The summed E-state index contributed by atoms with van der Waals surface area (Å²) >= 11 is 0. The van der Waals surface area contributed by atoms with E-state index in [4.69, 9.17) is 16.6 Å². The second kappa shape index (κ2) is 23.1. The topological polar surface area (TPSA) is 246 Å². The van der Waals surface area contributed by atoms with E-state index >= 15 is 0 Å². The van der Waals surface area contributed by atoms with Gasteiger partial charge in [0, 0.05) is 39.1 Å². The van der Waals surface area contributed by atoms with E-state index in [9.17, 15) is 33.6 Å². The van der Waals surface area contributed by atoms with Crippen molar-refractivity contribution in [2.24, 2.45) is 35.1 Å². The summed E-state index contributed by atoms with van der Waals surface area (Å²) in [5.41, 5.74) is 11.3. The van der Waals surface area contributed by atoms with Crippen LogP contribution < -0.4 is 32.7 Å². The number of nitrogens with zero attached hydrogens (tertiary/aromatic N) is 2. The van der Waals surface area contributed by atoms with Gasteiger partial charge in [-0.05, 0) is 37.5 Å². The number of carboxylic acid groups (broad SMARTS) is 1. The average molecular weight is 751 g/mol. The van der Waals surface area contributed by atoms with Crippen molar-refractivity contribution in [3.8, 4) is 0 Å². The maximum atomic E-state index is 14.0. The minimum absolute atomic E-state index is 0.0338. The van der Waals surface area contributed by atoms with E-state index in [1.54, 1.807) is 11.9 Å². The fourth-order valence-corrected chi connectivity index (χ4v) is 7.08. The predicted molar refractivity (Wildman–Crippen MR) is 200 cm³/mol. The highest BCUT2D eigenvalue weighted by atomic mass is 16.4. The first-order valence-corrected chi connectivity index (χ1v) is 19.5. The number of likely N-dealkylation sites (N-methyl/N-ethyl adjacent to an activating group) is 1. The third kappa shape index (κ3) is 15.2. The molecule has 1 saturated carbocycles. The van der Waals surface area contributed by atoms with Crippen LogP contribution in [0.5, 0.6) is 0 Å². The second-order valence-corrected chi connectivity index (χ2v) is 15.4. The molecular weight excluding hydrogens is 684 g/mol. The van der Waals surface area contributed by atoms with Gasteiger partial charge in [0.2, 0.25) is 35.4 Å². The molecule has 0 aromatic heterocycles. The summed E-state index contributed by atoms with van der Waals surface area (Å²) in [6.07, 6.45) is 10.7. The lowest BCUT2D eigenvalue weighted by Gasteiger charge is -2.39. The normalized spacial score (nSPS) is 18.1. The first-order chi connectivity index (χ1) is 25.1. The van der Waals surface area contributed by atoms with Crippen molar-refractivity contribution in [1.82, 2.24) is 31.1 Å². The van der Waals surface area contributed by atoms with Gasteiger partial charge in [0.25, 0.3) is 0 Å². The minimum atomic E-state index is -1.29. The number of likely N-dealkylation sites (tertiary alicyclic amines) is 1. The Bertz CT molecular complexity index is 1240. The van der Waals surface area contributed by atoms with Gasteiger partial charge < -0.3 is 42.7 Å². The summed E-state index contributed by atoms with van der Waals surface area (Å²) in [7, 11) is 1.64. The smallest absolute Gasteiger partial charge is 0.322 e. The Morgan fingerprint density at radius 1 is 0.830 bits per heavy atom. The SMILES string of the molecule is CCCCCCC[C@@H](C)C(=O)N(C)[C@@H](CC(C)C)C(=O)N[C@H](C(=O)N[C@@H](CN)C(=O)N[C@@H](CN1CC(C(N)=O)C1)C(=O)NCC(=O)O)C1CCCCC1. The molecule has 0 bridgehead atoms. The van der Waals surface area contributed by atoms with Crippen LogP contribution in [0.15, 0.2) is 0 Å². The summed E-state index contributed by atoms with van der Waals surface area (Å²) in [5.74, 6) is -5.26. The number of unbranched alkanes of at least 4 members (excludes halogenated alkanes) is 4. The molecule has 16 nitrogen and oxygen atoms in total. The van der Waals surface area contributed by atoms with E-state index in [2.05, 4.69) is 28.2 Å². The van der Waals surface area contributed by atoms with Crippen LogP contribution in [0.2, 0.25) is 0 Å². The van der Waals surface area contributed by atoms with Gasteiger partial charge in [0.05, 0.1) is 5.92 Å². The van der Waals surface area contributed by atoms with Crippen molar-refractivity contribution >= 4 is 41.4 Å². The molecule has 2 rings (SSSR count). The first-order valence-electron chi connectivity index (χ1n) is 19.5. The molecule has 2 aliphatic rings. The van der Waals surface area contributed by atoms with Crippen molar-refractivity contribution < 1.29 is 38.7 Å². The molecule has 16 heteroatoms. The zero-order valence-corrected chi connectivity index (χ0v) is 32.5. The Morgan fingerprint density at radius 3 is 2.02 bits per heavy atom. The molecule has 302 valence electrons. The number of hydrogen-bond donors (Lipinski definition) is 7. The number of hydrogen-bond acceptors (Lipinski definition) is 9. The van der Waals surface area contributed by atoms with Crippen molar-refractivity contribution in [3.05, 3.63) is 0 Å². The molecular formula is C37H66N8O8. The van der Waals surface area contributed by atoms with Crippen molar-refractivity contribution in [2.45, 2.75) is 129 Å². The highest BCUT2D eigenvalue weighted by Crippen LogP contribution is 2.27. The molecule has 0 unspecified atom stereocenters. The monoisotopic (exact) mass is 751 g/mol. The number of carbonyl (C=O) groups is 7. The zero-order chi connectivity index (χ0) is 39.7. The maximum absolute atomic E-state index is 14.0. The van der Waals surface area contributed by atoms with Crippen molar-refractivity contribution in [3.63, 3.8) is 0 Å². The van der Waals surface area contributed by atoms with Gasteiger partial charge in [-0.25, -0.2) is 0 Å². The molecule has 0 aromatic carbocycles. The number of carbonyl (C=O) groups excluding carboxylic acids is 6. The number of aliphatic carboxylic acids is 1. The Labute approximate surface area is 314 Å². The first kappa shape index (κ1) is 45.4. The van der Waals surface area contributed by atoms with Crippen molar-refractivity contribution in [2.75, 3.05) is 39.8 Å². The molecule has 1 aliphatic carbocycles. The number of nitrogens with one attached hydrogen (secondary N) is 4. The maximum Gasteiger partial charge on any atom is 0.322 e. The Kier molecular flexibility index (Phi) is 19.8. The second-order valence-electron chi connectivity index (χ2n) is 15.4. The lowest BCUT2D eigenvalue weighted by Crippen LogP contribution is -2.63. The number of nitrogens with two attached hydrogens (primary N) is 2. The fraction of sp³-hybridized carbons (Fsp3) is 0.811. The van der Waals surface area contributed by atoms with E-state index in [0.717, 1.165) is 57.8 Å². The Balaban J connectivity index is 2.21. The molecule has 1 saturated heterocycles. The van der Waals surface area contributed by atoms with Gasteiger partial charge in [-0.1, -0.05) is 79.1 Å². The fourth-order valence-electron chi connectivity index (χ4n) is 7.08. The van der Waals surface area contributed by atoms with Gasteiger partial charge in [0.15, 0.2) is 0 Å². The quantitative estimate of drug-likeness (QED) is 0.0672. The highest BCUT2D eigenvalue weighted by molar-refractivity contribution is 5.96. The third-order valence-electron chi connectivity index (χ3n) is 10.4. The van der Waals surface area contributed by atoms with Crippen LogP contribution in [0.1, 0.15) is 105 Å². The van der Waals surface area contributed by atoms with Gasteiger partial charge >= 0.3 is 5.97 Å². The van der Waals surface area contributed by atoms with Crippen LogP contribution >= 0.6 is 0 Å². The highest BCUT2D eigenvalue weighted by Gasteiger charge is 2.39. The molecule has 0 aromatic rings. The average Bonchev–Trinajstić information content (AvgIpc) is 3.10. The largest absolute Gasteiger partial charge is 0.480 e. The number of carboxylic acids is 1.